The van der Waals surface area contributed by atoms with E-state index in [-0.39, 0.29) is 0 Å². The molecule has 0 heterocycles. The van der Waals surface area contributed by atoms with Gasteiger partial charge in [0.15, 0.2) is 0 Å². The first kappa shape index (κ1) is 7.56. The molecule has 0 aliphatic rings. The lowest BCUT2D eigenvalue weighted by molar-refractivity contribution is 0.580. The Morgan fingerprint density at radius 1 is 1.75 bits per heavy atom. The Balaban J connectivity index is 3.01. The fourth-order valence-electron chi connectivity index (χ4n) is 0.492. The predicted octanol–water partition coefficient (Wildman–Crippen LogP) is 2.26. The van der Waals surface area contributed by atoms with E-state index in [0.29, 0.717) is 5.92 Å². The van der Waals surface area contributed by atoms with Crippen LogP contribution in [0.3, 0.4) is 0 Å². The molecule has 0 heteroatoms. The lowest BCUT2D eigenvalue weighted by Gasteiger charge is -2.02. The smallest absolute Gasteiger partial charge is 0.00886 e. The van der Waals surface area contributed by atoms with Crippen LogP contribution < -0.4 is 0 Å². The molecule has 0 N–H and O–H groups in total. The molecule has 0 aromatic rings. The Kier molecular flexibility index (Phi) is 4.45. The number of terminal acetylenes is 1. The van der Waals surface area contributed by atoms with Crippen LogP contribution >= 0.6 is 0 Å². The third kappa shape index (κ3) is 3.74. The molecule has 45 valence electrons. The Morgan fingerprint density at radius 2 is 2.38 bits per heavy atom. The Hall–Kier alpha value is -0.440. The third-order valence-electron chi connectivity index (χ3n) is 1.27. The van der Waals surface area contributed by atoms with E-state index in [0.717, 1.165) is 19.3 Å². The molecule has 0 nitrogen and oxygen atoms in total. The first-order chi connectivity index (χ1) is 3.81. The third-order valence-corrected chi connectivity index (χ3v) is 1.27. The van der Waals surface area contributed by atoms with Gasteiger partial charge < -0.3 is 0 Å². The van der Waals surface area contributed by atoms with Gasteiger partial charge in [-0.05, 0) is 12.3 Å². The molecule has 1 radical (unpaired) electrons. The summed E-state index contributed by atoms with van der Waals surface area (Å²) in [5, 5.41) is 0. The quantitative estimate of drug-likeness (QED) is 0.488. The molecule has 0 rings (SSSR count). The van der Waals surface area contributed by atoms with Gasteiger partial charge in [-0.2, -0.15) is 0 Å². The van der Waals surface area contributed by atoms with Crippen molar-refractivity contribution in [3.63, 3.8) is 0 Å². The summed E-state index contributed by atoms with van der Waals surface area (Å²) in [6.45, 7) is 6.03. The highest BCUT2D eigenvalue weighted by molar-refractivity contribution is 4.84. The van der Waals surface area contributed by atoms with E-state index in [1.165, 1.54) is 0 Å². The molecular formula is C8H13. The minimum atomic E-state index is 0.561. The number of hydrogen-bond acceptors (Lipinski definition) is 0. The van der Waals surface area contributed by atoms with E-state index in [1.54, 1.807) is 0 Å². The maximum atomic E-state index is 5.05. The van der Waals surface area contributed by atoms with E-state index in [2.05, 4.69) is 19.8 Å². The number of rotatable bonds is 3. The number of hydrogen-bond donors (Lipinski definition) is 0. The lowest BCUT2D eigenvalue weighted by atomic mass is 10.0. The molecule has 0 aromatic heterocycles. The topological polar surface area (TPSA) is 0 Å². The molecule has 8 heavy (non-hydrogen) atoms. The molecule has 1 unspecified atom stereocenters. The van der Waals surface area contributed by atoms with E-state index in [1.807, 2.05) is 0 Å². The second-order valence-corrected chi connectivity index (χ2v) is 2.02. The fourth-order valence-corrected chi connectivity index (χ4v) is 0.492. The molecule has 0 fully saturated rings. The molecule has 0 aliphatic heterocycles. The van der Waals surface area contributed by atoms with Gasteiger partial charge in [-0.3, -0.25) is 0 Å². The summed E-state index contributed by atoms with van der Waals surface area (Å²) < 4.78 is 0. The second kappa shape index (κ2) is 4.71. The van der Waals surface area contributed by atoms with E-state index >= 15 is 0 Å². The van der Waals surface area contributed by atoms with Crippen LogP contribution in [0.5, 0.6) is 0 Å². The van der Waals surface area contributed by atoms with Gasteiger partial charge in [0.25, 0.3) is 0 Å². The average molecular weight is 109 g/mol. The van der Waals surface area contributed by atoms with Crippen molar-refractivity contribution in [3.8, 4) is 12.3 Å². The van der Waals surface area contributed by atoms with E-state index in [4.69, 9.17) is 6.42 Å². The van der Waals surface area contributed by atoms with Crippen LogP contribution in [-0.4, -0.2) is 0 Å². The van der Waals surface area contributed by atoms with Crippen molar-refractivity contribution < 1.29 is 0 Å². The maximum absolute atomic E-state index is 5.05. The summed E-state index contributed by atoms with van der Waals surface area (Å²) in [7, 11) is 0. The van der Waals surface area contributed by atoms with Gasteiger partial charge in [0, 0.05) is 6.42 Å². The largest absolute Gasteiger partial charge is 0.120 e. The van der Waals surface area contributed by atoms with Crippen LogP contribution in [-0.2, 0) is 0 Å². The van der Waals surface area contributed by atoms with Crippen LogP contribution in [0.4, 0.5) is 0 Å². The molecule has 0 saturated carbocycles. The van der Waals surface area contributed by atoms with Crippen molar-refractivity contribution in [3.05, 3.63) is 6.92 Å². The summed E-state index contributed by atoms with van der Waals surface area (Å²) in [5.74, 6) is 3.15. The highest BCUT2D eigenvalue weighted by atomic mass is 14.0. The summed E-state index contributed by atoms with van der Waals surface area (Å²) in [4.78, 5) is 0. The maximum Gasteiger partial charge on any atom is 0.00886 e. The van der Waals surface area contributed by atoms with Crippen LogP contribution in [0, 0.1) is 25.2 Å². The zero-order valence-corrected chi connectivity index (χ0v) is 5.48. The minimum Gasteiger partial charge on any atom is -0.120 e. The van der Waals surface area contributed by atoms with Crippen LogP contribution in [0.15, 0.2) is 0 Å². The van der Waals surface area contributed by atoms with Crippen molar-refractivity contribution in [1.29, 1.82) is 0 Å². The van der Waals surface area contributed by atoms with Crippen molar-refractivity contribution in [2.24, 2.45) is 5.92 Å². The predicted molar refractivity (Wildman–Crippen MR) is 37.2 cm³/mol. The van der Waals surface area contributed by atoms with Gasteiger partial charge >= 0.3 is 0 Å². The monoisotopic (exact) mass is 109 g/mol. The second-order valence-electron chi connectivity index (χ2n) is 2.02. The van der Waals surface area contributed by atoms with Crippen molar-refractivity contribution >= 4 is 0 Å². The zero-order valence-electron chi connectivity index (χ0n) is 5.48. The summed E-state index contributed by atoms with van der Waals surface area (Å²) in [6, 6.07) is 0. The SMILES string of the molecule is C#CCCC([CH2])CC. The standard InChI is InChI=1S/C8H13/c1-4-6-7-8(3)5-2/h1,8H,3,5-7H2,2H3. The Morgan fingerprint density at radius 3 is 2.75 bits per heavy atom. The molecule has 0 spiro atoms. The fraction of sp³-hybridized carbons (Fsp3) is 0.625. The Labute approximate surface area is 52.3 Å². The van der Waals surface area contributed by atoms with E-state index in [9.17, 15) is 0 Å². The van der Waals surface area contributed by atoms with E-state index < -0.39 is 0 Å². The van der Waals surface area contributed by atoms with Crippen LogP contribution in [0.1, 0.15) is 26.2 Å². The van der Waals surface area contributed by atoms with Crippen molar-refractivity contribution in [2.75, 3.05) is 0 Å². The van der Waals surface area contributed by atoms with Gasteiger partial charge in [0.1, 0.15) is 0 Å². The van der Waals surface area contributed by atoms with Gasteiger partial charge in [-0.25, -0.2) is 0 Å². The van der Waals surface area contributed by atoms with Crippen LogP contribution in [0.25, 0.3) is 0 Å². The molecule has 0 amide bonds. The molecule has 0 aromatic carbocycles. The highest BCUT2D eigenvalue weighted by Crippen LogP contribution is 2.06. The molecular weight excluding hydrogens is 96.1 g/mol. The van der Waals surface area contributed by atoms with Gasteiger partial charge in [0.05, 0.1) is 0 Å². The molecule has 1 atom stereocenters. The summed E-state index contributed by atoms with van der Waals surface area (Å²) >= 11 is 0. The minimum absolute atomic E-state index is 0.561. The van der Waals surface area contributed by atoms with Gasteiger partial charge in [0.2, 0.25) is 0 Å². The van der Waals surface area contributed by atoms with Gasteiger partial charge in [-0.1, -0.05) is 20.3 Å². The average Bonchev–Trinajstić information content (AvgIpc) is 1.83. The first-order valence-electron chi connectivity index (χ1n) is 3.07. The zero-order chi connectivity index (χ0) is 6.41. The first-order valence-corrected chi connectivity index (χ1v) is 3.07. The van der Waals surface area contributed by atoms with Crippen molar-refractivity contribution in [2.45, 2.75) is 26.2 Å². The molecule has 0 bridgehead atoms. The van der Waals surface area contributed by atoms with Crippen molar-refractivity contribution in [1.82, 2.24) is 0 Å². The van der Waals surface area contributed by atoms with Crippen LogP contribution in [0.2, 0.25) is 0 Å². The summed E-state index contributed by atoms with van der Waals surface area (Å²) in [6.07, 6.45) is 8.15. The molecule has 0 saturated heterocycles. The normalized spacial score (nSPS) is 12.6. The van der Waals surface area contributed by atoms with Gasteiger partial charge in [-0.15, -0.1) is 12.3 Å². The molecule has 0 aliphatic carbocycles. The highest BCUT2D eigenvalue weighted by Gasteiger charge is 1.94. The lowest BCUT2D eigenvalue weighted by Crippen LogP contribution is -1.89. The summed E-state index contributed by atoms with van der Waals surface area (Å²) in [5.41, 5.74) is 0. The Bertz CT molecular complexity index is 76.5.